The molecule has 0 aromatic heterocycles. The third kappa shape index (κ3) is 7.50. The molecule has 5 aromatic carbocycles. The van der Waals surface area contributed by atoms with Gasteiger partial charge < -0.3 is 51.1 Å². The van der Waals surface area contributed by atoms with E-state index in [0.717, 1.165) is 0 Å². The van der Waals surface area contributed by atoms with E-state index in [1.54, 1.807) is 36.4 Å². The minimum atomic E-state index is -0.598. The first-order chi connectivity index (χ1) is 23.4. The van der Waals surface area contributed by atoms with Crippen LogP contribution >= 0.6 is 0 Å². The fourth-order valence-electron chi connectivity index (χ4n) is 5.92. The molecule has 252 valence electrons. The van der Waals surface area contributed by atoms with Crippen LogP contribution in [0.5, 0.6) is 46.0 Å². The third-order valence-corrected chi connectivity index (χ3v) is 8.25. The van der Waals surface area contributed by atoms with Crippen molar-refractivity contribution in [2.75, 3.05) is 6.61 Å². The second-order valence-electron chi connectivity index (χ2n) is 11.8. The van der Waals surface area contributed by atoms with E-state index >= 15 is 0 Å². The number of aromatic hydroxyl groups is 8. The smallest absolute Gasteiger partial charge is 0.157 e. The molecule has 0 aliphatic carbocycles. The molecule has 0 saturated heterocycles. The minimum absolute atomic E-state index is 0.0424. The van der Waals surface area contributed by atoms with Crippen molar-refractivity contribution in [3.63, 3.8) is 0 Å². The Bertz CT molecular complexity index is 2130. The van der Waals surface area contributed by atoms with Crippen molar-refractivity contribution in [1.29, 1.82) is 0 Å². The molecule has 10 heteroatoms. The zero-order chi connectivity index (χ0) is 35.4. The summed E-state index contributed by atoms with van der Waals surface area (Å²) < 4.78 is 0. The van der Waals surface area contributed by atoms with Gasteiger partial charge in [-0.25, -0.2) is 0 Å². The minimum Gasteiger partial charge on any atom is -0.510 e. The number of phenols is 8. The number of phenolic OH excluding ortho intramolecular Hbond substituents is 8. The molecule has 0 saturated carbocycles. The summed E-state index contributed by atoms with van der Waals surface area (Å²) in [5.74, 6) is -2.55. The zero-order valence-corrected chi connectivity index (χ0v) is 26.3. The Morgan fingerprint density at radius 3 is 1.47 bits per heavy atom. The molecule has 0 amide bonds. The van der Waals surface area contributed by atoms with E-state index in [9.17, 15) is 51.1 Å². The van der Waals surface area contributed by atoms with Crippen molar-refractivity contribution >= 4 is 10.8 Å². The highest BCUT2D eigenvalue weighted by atomic mass is 16.3. The highest BCUT2D eigenvalue weighted by Crippen LogP contribution is 2.43. The van der Waals surface area contributed by atoms with Crippen LogP contribution in [0.1, 0.15) is 38.9 Å². The topological polar surface area (TPSA) is 202 Å². The van der Waals surface area contributed by atoms with E-state index in [1.165, 1.54) is 48.6 Å². The van der Waals surface area contributed by atoms with Gasteiger partial charge in [-0.2, -0.15) is 0 Å². The van der Waals surface area contributed by atoms with Crippen LogP contribution in [0.15, 0.2) is 103 Å². The summed E-state index contributed by atoms with van der Waals surface area (Å²) in [6.07, 6.45) is 4.81. The van der Waals surface area contributed by atoms with Crippen molar-refractivity contribution in [3.05, 3.63) is 142 Å². The van der Waals surface area contributed by atoms with E-state index in [-0.39, 0.29) is 77.4 Å². The lowest BCUT2D eigenvalue weighted by Crippen LogP contribution is -2.03. The van der Waals surface area contributed by atoms with E-state index in [2.05, 4.69) is 6.58 Å². The molecule has 10 nitrogen and oxygen atoms in total. The Morgan fingerprint density at radius 2 is 1.02 bits per heavy atom. The molecule has 0 unspecified atom stereocenters. The number of rotatable bonds is 11. The maximum atomic E-state index is 11.9. The molecule has 0 aliphatic heterocycles. The molecular weight excluding hydrogens is 628 g/mol. The van der Waals surface area contributed by atoms with Crippen LogP contribution in [0.3, 0.4) is 0 Å². The first-order valence-corrected chi connectivity index (χ1v) is 15.2. The lowest BCUT2D eigenvalue weighted by atomic mass is 9.85. The number of fused-ring (bicyclic) bond motifs is 1. The SMILES string of the molecule is C=C/C=C(\C=C(\O)CO)Cc1cc2cc(Cc3ccc(O)c(O)c3)c(O)c(Cc3ccc(O)c(O)c3)c2c(Cc2ccc(O)c(O)c2)c1O. The molecule has 0 bridgehead atoms. The van der Waals surface area contributed by atoms with Crippen molar-refractivity contribution in [2.24, 2.45) is 0 Å². The average molecular weight is 665 g/mol. The Morgan fingerprint density at radius 1 is 0.571 bits per heavy atom. The summed E-state index contributed by atoms with van der Waals surface area (Å²) in [4.78, 5) is 0. The van der Waals surface area contributed by atoms with Crippen LogP contribution in [0.2, 0.25) is 0 Å². The maximum absolute atomic E-state index is 11.9. The van der Waals surface area contributed by atoms with Gasteiger partial charge in [-0.3, -0.25) is 0 Å². The summed E-state index contributed by atoms with van der Waals surface area (Å²) in [6.45, 7) is 3.12. The maximum Gasteiger partial charge on any atom is 0.157 e. The number of hydrogen-bond donors (Lipinski definition) is 10. The Balaban J connectivity index is 1.81. The van der Waals surface area contributed by atoms with Gasteiger partial charge in [0, 0.05) is 36.8 Å². The number of hydrogen-bond acceptors (Lipinski definition) is 10. The fraction of sp³-hybridized carbons (Fsp3) is 0.128. The largest absolute Gasteiger partial charge is 0.510 e. The van der Waals surface area contributed by atoms with Gasteiger partial charge in [-0.05, 0) is 98.8 Å². The molecule has 0 heterocycles. The molecule has 0 spiro atoms. The van der Waals surface area contributed by atoms with E-state index in [4.69, 9.17) is 0 Å². The summed E-state index contributed by atoms with van der Waals surface area (Å²) in [5, 5.41) is 105. The molecule has 0 radical (unpaired) electrons. The standard InChI is InChI=1S/C39H36O10/c1-2-3-21(12-28(41)20-40)10-26-18-25-19-27(11-22-4-7-31(42)34(45)15-22)39(49)30(14-24-6-9-33(44)36(47)17-24)37(25)29(38(26)48)13-23-5-8-32(43)35(46)16-23/h2-9,12,15-19,40-49H,1,10-11,13-14,20H2/b21-3-,28-12+. The van der Waals surface area contributed by atoms with Gasteiger partial charge in [0.2, 0.25) is 0 Å². The van der Waals surface area contributed by atoms with E-state index in [0.29, 0.717) is 55.3 Å². The van der Waals surface area contributed by atoms with Crippen LogP contribution in [0.4, 0.5) is 0 Å². The van der Waals surface area contributed by atoms with Crippen molar-refractivity contribution in [3.8, 4) is 46.0 Å². The summed E-state index contributed by atoms with van der Waals surface area (Å²) in [6, 6.07) is 16.4. The lowest BCUT2D eigenvalue weighted by Gasteiger charge is -2.21. The van der Waals surface area contributed by atoms with Gasteiger partial charge in [0.25, 0.3) is 0 Å². The molecule has 5 aromatic rings. The second kappa shape index (κ2) is 14.2. The van der Waals surface area contributed by atoms with Gasteiger partial charge in [0.15, 0.2) is 34.5 Å². The summed E-state index contributed by atoms with van der Waals surface area (Å²) in [7, 11) is 0. The Hall–Kier alpha value is -6.26. The van der Waals surface area contributed by atoms with Crippen LogP contribution in [0, 0.1) is 0 Å². The van der Waals surface area contributed by atoms with E-state index < -0.39 is 6.61 Å². The van der Waals surface area contributed by atoms with Crippen LogP contribution in [0.25, 0.3) is 10.8 Å². The fourth-order valence-corrected chi connectivity index (χ4v) is 5.92. The number of aliphatic hydroxyl groups is 2. The summed E-state index contributed by atoms with van der Waals surface area (Å²) in [5.41, 5.74) is 3.77. The molecule has 0 fully saturated rings. The van der Waals surface area contributed by atoms with E-state index in [1.807, 2.05) is 0 Å². The first kappa shape index (κ1) is 34.1. The molecule has 49 heavy (non-hydrogen) atoms. The second-order valence-corrected chi connectivity index (χ2v) is 11.8. The predicted molar refractivity (Wildman–Crippen MR) is 185 cm³/mol. The van der Waals surface area contributed by atoms with Crippen molar-refractivity contribution in [2.45, 2.75) is 25.7 Å². The molecule has 10 N–H and O–H groups in total. The van der Waals surface area contributed by atoms with Gasteiger partial charge in [0.05, 0.1) is 0 Å². The number of allylic oxidation sites excluding steroid dienone is 4. The normalized spacial score (nSPS) is 12.0. The Kier molecular flexibility index (Phi) is 9.91. The molecule has 0 atom stereocenters. The van der Waals surface area contributed by atoms with Crippen LogP contribution in [-0.4, -0.2) is 57.7 Å². The number of aliphatic hydroxyl groups excluding tert-OH is 2. The van der Waals surface area contributed by atoms with Gasteiger partial charge >= 0.3 is 0 Å². The van der Waals surface area contributed by atoms with Gasteiger partial charge in [0.1, 0.15) is 23.9 Å². The average Bonchev–Trinajstić information content (AvgIpc) is 3.06. The monoisotopic (exact) mass is 664 g/mol. The summed E-state index contributed by atoms with van der Waals surface area (Å²) >= 11 is 0. The first-order valence-electron chi connectivity index (χ1n) is 15.2. The zero-order valence-electron chi connectivity index (χ0n) is 26.3. The van der Waals surface area contributed by atoms with Gasteiger partial charge in [-0.15, -0.1) is 0 Å². The quantitative estimate of drug-likeness (QED) is 0.0431. The van der Waals surface area contributed by atoms with Crippen molar-refractivity contribution in [1.82, 2.24) is 0 Å². The van der Waals surface area contributed by atoms with Crippen LogP contribution in [-0.2, 0) is 25.7 Å². The predicted octanol–water partition coefficient (Wildman–Crippen LogP) is 6.35. The molecular formula is C39H36O10. The van der Waals surface area contributed by atoms with Crippen LogP contribution < -0.4 is 0 Å². The lowest BCUT2D eigenvalue weighted by molar-refractivity contribution is 0.253. The van der Waals surface area contributed by atoms with Gasteiger partial charge in [-0.1, -0.05) is 36.9 Å². The molecule has 5 rings (SSSR count). The Labute approximate surface area is 281 Å². The molecule has 0 aliphatic rings. The third-order valence-electron chi connectivity index (χ3n) is 8.25. The van der Waals surface area contributed by atoms with Crippen molar-refractivity contribution < 1.29 is 51.1 Å². The highest BCUT2D eigenvalue weighted by Gasteiger charge is 2.23. The number of benzene rings is 5. The highest BCUT2D eigenvalue weighted by molar-refractivity contribution is 5.95.